The first kappa shape index (κ1) is 20.9. The van der Waals surface area contributed by atoms with Gasteiger partial charge in [0.15, 0.2) is 5.76 Å². The average molecular weight is 461 g/mol. The topological polar surface area (TPSA) is 82.2 Å². The molecule has 31 heavy (non-hydrogen) atoms. The predicted molar refractivity (Wildman–Crippen MR) is 113 cm³/mol. The highest BCUT2D eigenvalue weighted by molar-refractivity contribution is 6.42. The lowest BCUT2D eigenvalue weighted by molar-refractivity contribution is 0.0991. The lowest BCUT2D eigenvalue weighted by Crippen LogP contribution is -2.12. The summed E-state index contributed by atoms with van der Waals surface area (Å²) in [5.41, 5.74) is 0.883. The molecule has 0 saturated carbocycles. The van der Waals surface area contributed by atoms with Crippen molar-refractivity contribution in [3.05, 3.63) is 93.9 Å². The molecule has 0 radical (unpaired) electrons. The Balaban J connectivity index is 1.33. The maximum atomic E-state index is 12.9. The minimum absolute atomic E-state index is 0.0820. The van der Waals surface area contributed by atoms with Gasteiger partial charge in [0.2, 0.25) is 5.95 Å². The van der Waals surface area contributed by atoms with Crippen LogP contribution in [-0.4, -0.2) is 20.7 Å². The fourth-order valence-corrected chi connectivity index (χ4v) is 3.00. The SMILES string of the molecule is O=C(Nc1ncn(Cc2ccc(Cl)c(Cl)c2)n1)c1ccc(COc2ccc(F)cc2)o1. The Morgan fingerprint density at radius 3 is 2.68 bits per heavy atom. The van der Waals surface area contributed by atoms with Gasteiger partial charge in [0.1, 0.15) is 30.3 Å². The van der Waals surface area contributed by atoms with E-state index >= 15 is 0 Å². The van der Waals surface area contributed by atoms with Gasteiger partial charge < -0.3 is 9.15 Å². The van der Waals surface area contributed by atoms with Gasteiger partial charge in [-0.2, -0.15) is 0 Å². The van der Waals surface area contributed by atoms with Crippen molar-refractivity contribution in [1.82, 2.24) is 14.8 Å². The van der Waals surface area contributed by atoms with Crippen LogP contribution in [0.5, 0.6) is 5.75 Å². The van der Waals surface area contributed by atoms with E-state index in [9.17, 15) is 9.18 Å². The molecule has 0 unspecified atom stereocenters. The van der Waals surface area contributed by atoms with Crippen LogP contribution in [0.1, 0.15) is 21.9 Å². The molecular weight excluding hydrogens is 446 g/mol. The lowest BCUT2D eigenvalue weighted by Gasteiger charge is -2.04. The second-order valence-corrected chi connectivity index (χ2v) is 7.29. The number of benzene rings is 2. The molecule has 4 rings (SSSR count). The summed E-state index contributed by atoms with van der Waals surface area (Å²) in [4.78, 5) is 16.5. The molecule has 158 valence electrons. The van der Waals surface area contributed by atoms with E-state index in [1.54, 1.807) is 22.9 Å². The molecule has 1 N–H and O–H groups in total. The zero-order chi connectivity index (χ0) is 21.8. The van der Waals surface area contributed by atoms with E-state index in [4.69, 9.17) is 32.4 Å². The van der Waals surface area contributed by atoms with E-state index in [0.29, 0.717) is 28.1 Å². The predicted octanol–water partition coefficient (Wildman–Crippen LogP) is 5.20. The first-order valence-electron chi connectivity index (χ1n) is 9.08. The normalized spacial score (nSPS) is 10.8. The molecule has 2 aromatic carbocycles. The van der Waals surface area contributed by atoms with E-state index in [1.807, 2.05) is 6.07 Å². The number of aromatic nitrogens is 3. The van der Waals surface area contributed by atoms with Crippen LogP contribution in [0.4, 0.5) is 10.3 Å². The fraction of sp³-hybridized carbons (Fsp3) is 0.0952. The van der Waals surface area contributed by atoms with Gasteiger partial charge in [0, 0.05) is 0 Å². The minimum Gasteiger partial charge on any atom is -0.486 e. The van der Waals surface area contributed by atoms with E-state index in [1.165, 1.54) is 36.7 Å². The number of ether oxygens (including phenoxy) is 1. The van der Waals surface area contributed by atoms with Crippen LogP contribution in [-0.2, 0) is 13.2 Å². The quantitative estimate of drug-likeness (QED) is 0.409. The standard InChI is InChI=1S/C21H15Cl2FN4O3/c22-17-7-1-13(9-18(17)23)10-28-12-25-21(27-28)26-20(29)19-8-6-16(31-19)11-30-15-4-2-14(24)3-5-15/h1-9,12H,10-11H2,(H,26,27,29). The number of halogens is 3. The molecular formula is C21H15Cl2FN4O3. The molecule has 0 aliphatic heterocycles. The maximum Gasteiger partial charge on any atom is 0.293 e. The van der Waals surface area contributed by atoms with Gasteiger partial charge in [-0.3, -0.25) is 10.1 Å². The Morgan fingerprint density at radius 2 is 1.90 bits per heavy atom. The van der Waals surface area contributed by atoms with E-state index in [0.717, 1.165) is 5.56 Å². The molecule has 0 bridgehead atoms. The van der Waals surface area contributed by atoms with Crippen LogP contribution in [0.2, 0.25) is 10.0 Å². The van der Waals surface area contributed by atoms with Crippen LogP contribution in [0.15, 0.2) is 65.3 Å². The number of nitrogens with zero attached hydrogens (tertiary/aromatic N) is 3. The van der Waals surface area contributed by atoms with Gasteiger partial charge in [-0.1, -0.05) is 29.3 Å². The highest BCUT2D eigenvalue weighted by atomic mass is 35.5. The molecule has 10 heteroatoms. The third-order valence-corrected chi connectivity index (χ3v) is 4.91. The van der Waals surface area contributed by atoms with Crippen molar-refractivity contribution in [3.8, 4) is 5.75 Å². The van der Waals surface area contributed by atoms with E-state index in [2.05, 4.69) is 15.4 Å². The molecule has 2 aromatic heterocycles. The van der Waals surface area contributed by atoms with Crippen molar-refractivity contribution in [3.63, 3.8) is 0 Å². The summed E-state index contributed by atoms with van der Waals surface area (Å²) >= 11 is 11.9. The Labute approximate surface area is 186 Å². The molecule has 0 spiro atoms. The molecule has 0 aliphatic rings. The highest BCUT2D eigenvalue weighted by Crippen LogP contribution is 2.23. The monoisotopic (exact) mass is 460 g/mol. The van der Waals surface area contributed by atoms with Crippen LogP contribution in [0, 0.1) is 5.82 Å². The Bertz CT molecular complexity index is 1210. The number of hydrogen-bond donors (Lipinski definition) is 1. The van der Waals surface area contributed by atoms with Crippen molar-refractivity contribution in [2.45, 2.75) is 13.2 Å². The van der Waals surface area contributed by atoms with Crippen LogP contribution in [0.25, 0.3) is 0 Å². The van der Waals surface area contributed by atoms with Gasteiger partial charge in [-0.25, -0.2) is 14.1 Å². The fourth-order valence-electron chi connectivity index (χ4n) is 2.68. The second kappa shape index (κ2) is 9.20. The van der Waals surface area contributed by atoms with Crippen LogP contribution < -0.4 is 10.1 Å². The number of anilines is 1. The van der Waals surface area contributed by atoms with Crippen molar-refractivity contribution in [2.24, 2.45) is 0 Å². The smallest absolute Gasteiger partial charge is 0.293 e. The van der Waals surface area contributed by atoms with Crippen LogP contribution >= 0.6 is 23.2 Å². The van der Waals surface area contributed by atoms with Gasteiger partial charge in [-0.05, 0) is 54.1 Å². The first-order valence-corrected chi connectivity index (χ1v) is 9.84. The number of rotatable bonds is 7. The van der Waals surface area contributed by atoms with Crippen LogP contribution in [0.3, 0.4) is 0 Å². The van der Waals surface area contributed by atoms with Crippen molar-refractivity contribution < 1.29 is 18.3 Å². The van der Waals surface area contributed by atoms with Gasteiger partial charge in [0.25, 0.3) is 5.91 Å². The second-order valence-electron chi connectivity index (χ2n) is 6.48. The number of amides is 1. The Hall–Kier alpha value is -3.36. The maximum absolute atomic E-state index is 12.9. The summed E-state index contributed by atoms with van der Waals surface area (Å²) < 4.78 is 25.5. The number of hydrogen-bond acceptors (Lipinski definition) is 5. The summed E-state index contributed by atoms with van der Waals surface area (Å²) in [6.45, 7) is 0.501. The summed E-state index contributed by atoms with van der Waals surface area (Å²) in [5, 5.41) is 7.71. The molecule has 4 aromatic rings. The molecule has 0 atom stereocenters. The van der Waals surface area contributed by atoms with Crippen molar-refractivity contribution in [2.75, 3.05) is 5.32 Å². The van der Waals surface area contributed by atoms with Gasteiger partial charge >= 0.3 is 0 Å². The number of furan rings is 1. The molecule has 0 fully saturated rings. The summed E-state index contributed by atoms with van der Waals surface area (Å²) in [5.74, 6) is 0.287. The number of nitrogens with one attached hydrogen (secondary N) is 1. The van der Waals surface area contributed by atoms with Crippen molar-refractivity contribution >= 4 is 35.1 Å². The van der Waals surface area contributed by atoms with Gasteiger partial charge in [0.05, 0.1) is 16.6 Å². The summed E-state index contributed by atoms with van der Waals surface area (Å²) in [7, 11) is 0. The zero-order valence-electron chi connectivity index (χ0n) is 15.9. The Kier molecular flexibility index (Phi) is 6.20. The highest BCUT2D eigenvalue weighted by Gasteiger charge is 2.14. The summed E-state index contributed by atoms with van der Waals surface area (Å²) in [6.07, 6.45) is 1.49. The van der Waals surface area contributed by atoms with E-state index < -0.39 is 5.91 Å². The van der Waals surface area contributed by atoms with E-state index in [-0.39, 0.29) is 24.1 Å². The molecule has 0 saturated heterocycles. The third kappa shape index (κ3) is 5.42. The first-order chi connectivity index (χ1) is 15.0. The minimum atomic E-state index is -0.500. The molecule has 1 amide bonds. The van der Waals surface area contributed by atoms with Gasteiger partial charge in [-0.15, -0.1) is 5.10 Å². The average Bonchev–Trinajstić information content (AvgIpc) is 3.40. The molecule has 7 nitrogen and oxygen atoms in total. The number of carbonyl (C=O) groups excluding carboxylic acids is 1. The number of carbonyl (C=O) groups is 1. The Morgan fingerprint density at radius 1 is 1.10 bits per heavy atom. The molecule has 0 aliphatic carbocycles. The summed E-state index contributed by atoms with van der Waals surface area (Å²) in [6, 6.07) is 14.0. The lowest BCUT2D eigenvalue weighted by atomic mass is 10.2. The molecule has 2 heterocycles. The third-order valence-electron chi connectivity index (χ3n) is 4.17. The largest absolute Gasteiger partial charge is 0.486 e. The van der Waals surface area contributed by atoms with Crippen molar-refractivity contribution in [1.29, 1.82) is 0 Å². The zero-order valence-corrected chi connectivity index (χ0v) is 17.4.